The molecule has 1 heterocycles. The fourth-order valence-corrected chi connectivity index (χ4v) is 2.59. The lowest BCUT2D eigenvalue weighted by Crippen LogP contribution is -2.30. The van der Waals surface area contributed by atoms with Gasteiger partial charge in [-0.25, -0.2) is 18.7 Å². The van der Waals surface area contributed by atoms with Crippen molar-refractivity contribution >= 4 is 29.7 Å². The van der Waals surface area contributed by atoms with Gasteiger partial charge >= 0.3 is 0 Å². The lowest BCUT2D eigenvalue weighted by atomic mass is 10.1. The number of hydrogen-bond acceptors (Lipinski definition) is 4. The van der Waals surface area contributed by atoms with Crippen LogP contribution in [0.4, 0.5) is 20.2 Å². The fourth-order valence-electron chi connectivity index (χ4n) is 2.46. The summed E-state index contributed by atoms with van der Waals surface area (Å²) in [5.74, 6) is -1.27. The van der Waals surface area contributed by atoms with Gasteiger partial charge in [0.2, 0.25) is 5.28 Å². The second-order valence-corrected chi connectivity index (χ2v) is 6.24. The number of benzene rings is 1. The molecule has 2 aromatic rings. The molecule has 0 aliphatic rings. The first-order valence-corrected chi connectivity index (χ1v) is 8.93. The number of nitrogens with zero attached hydrogens (tertiary/aromatic N) is 4. The third-order valence-corrected chi connectivity index (χ3v) is 3.65. The van der Waals surface area contributed by atoms with Crippen LogP contribution in [0.25, 0.3) is 11.3 Å². The highest BCUT2D eigenvalue weighted by molar-refractivity contribution is 6.28. The molecule has 0 aliphatic heterocycles. The van der Waals surface area contributed by atoms with Crippen LogP contribution in [-0.4, -0.2) is 29.3 Å². The van der Waals surface area contributed by atoms with Crippen LogP contribution in [-0.2, 0) is 0 Å². The minimum absolute atomic E-state index is 0.0550. The van der Waals surface area contributed by atoms with Crippen LogP contribution in [0, 0.1) is 11.6 Å². The van der Waals surface area contributed by atoms with Crippen molar-refractivity contribution in [2.24, 2.45) is 4.99 Å². The maximum Gasteiger partial charge on any atom is 0.223 e. The van der Waals surface area contributed by atoms with Crippen LogP contribution in [0.3, 0.4) is 0 Å². The van der Waals surface area contributed by atoms with E-state index in [9.17, 15) is 8.78 Å². The third kappa shape index (κ3) is 5.21. The van der Waals surface area contributed by atoms with Crippen LogP contribution in [0.1, 0.15) is 41.0 Å². The van der Waals surface area contributed by atoms with E-state index in [2.05, 4.69) is 35.5 Å². The Morgan fingerprint density at radius 2 is 1.81 bits per heavy atom. The number of aromatic nitrogens is 2. The molecule has 0 bridgehead atoms. The molecule has 0 spiro atoms. The zero-order valence-corrected chi connectivity index (χ0v) is 16.6. The zero-order valence-electron chi connectivity index (χ0n) is 15.9. The number of anilines is 1. The summed E-state index contributed by atoms with van der Waals surface area (Å²) in [7, 11) is 0. The number of aliphatic imine (C=N–C) groups is 1. The van der Waals surface area contributed by atoms with Crippen molar-refractivity contribution in [3.05, 3.63) is 35.2 Å². The molecule has 26 heavy (non-hydrogen) atoms. The van der Waals surface area contributed by atoms with E-state index in [1.165, 1.54) is 12.5 Å². The normalized spacial score (nSPS) is 10.3. The summed E-state index contributed by atoms with van der Waals surface area (Å²) < 4.78 is 28.4. The van der Waals surface area contributed by atoms with Gasteiger partial charge in [0.1, 0.15) is 11.4 Å². The summed E-state index contributed by atoms with van der Waals surface area (Å²) >= 11 is 5.72. The van der Waals surface area contributed by atoms with Crippen molar-refractivity contribution in [1.29, 1.82) is 0 Å². The van der Waals surface area contributed by atoms with Crippen molar-refractivity contribution < 1.29 is 8.78 Å². The van der Waals surface area contributed by atoms with Crippen LogP contribution in [0.15, 0.2) is 23.3 Å². The molecule has 0 N–H and O–H groups in total. The molecule has 0 radical (unpaired) electrons. The van der Waals surface area contributed by atoms with Crippen LogP contribution < -0.4 is 4.90 Å². The van der Waals surface area contributed by atoms with E-state index in [1.54, 1.807) is 6.07 Å². The van der Waals surface area contributed by atoms with Crippen molar-refractivity contribution in [1.82, 2.24) is 9.97 Å². The van der Waals surface area contributed by atoms with Crippen molar-refractivity contribution in [3.8, 4) is 11.3 Å². The van der Waals surface area contributed by atoms with Gasteiger partial charge in [0, 0.05) is 18.2 Å². The molecule has 0 saturated carbocycles. The van der Waals surface area contributed by atoms with Gasteiger partial charge in [-0.15, -0.1) is 0 Å². The van der Waals surface area contributed by atoms with Gasteiger partial charge in [0.25, 0.3) is 0 Å². The molecular weight excluding hydrogens is 358 g/mol. The Kier molecular flexibility index (Phi) is 8.58. The molecule has 0 amide bonds. The molecule has 4 nitrogen and oxygen atoms in total. The molecule has 0 atom stereocenters. The van der Waals surface area contributed by atoms with Gasteiger partial charge in [-0.1, -0.05) is 20.3 Å². The Morgan fingerprint density at radius 1 is 1.19 bits per heavy atom. The number of rotatable bonds is 5. The average molecular weight is 383 g/mol. The van der Waals surface area contributed by atoms with E-state index in [0.29, 0.717) is 12.2 Å². The Labute approximate surface area is 159 Å². The minimum atomic E-state index is -0.674. The molecule has 2 rings (SSSR count). The number of halogens is 3. The standard InChI is InChI=1S/C16H17ClF2N4.C3H8/c1-5-23(9(2)3)13-7-10(6-11(18)15(13)20-4)14-12(19)8-21-16(17)22-14;1-3-2/h6-9H,4-5H2,1-3H3;3H2,1-2H3. The molecule has 0 saturated heterocycles. The van der Waals surface area contributed by atoms with E-state index in [1.807, 2.05) is 25.7 Å². The average Bonchev–Trinajstić information content (AvgIpc) is 2.58. The van der Waals surface area contributed by atoms with E-state index < -0.39 is 11.6 Å². The van der Waals surface area contributed by atoms with Gasteiger partial charge in [-0.3, -0.25) is 4.99 Å². The summed E-state index contributed by atoms with van der Waals surface area (Å²) in [5.41, 5.74) is 0.873. The lowest BCUT2D eigenvalue weighted by Gasteiger charge is -2.29. The smallest absolute Gasteiger partial charge is 0.223 e. The quantitative estimate of drug-likeness (QED) is 0.466. The van der Waals surface area contributed by atoms with E-state index in [-0.39, 0.29) is 28.3 Å². The zero-order chi connectivity index (χ0) is 19.9. The number of hydrogen-bond donors (Lipinski definition) is 0. The summed E-state index contributed by atoms with van der Waals surface area (Å²) in [4.78, 5) is 13.1. The van der Waals surface area contributed by atoms with Crippen LogP contribution in [0.5, 0.6) is 0 Å². The highest BCUT2D eigenvalue weighted by Crippen LogP contribution is 2.37. The molecular formula is C19H25ClF2N4. The summed E-state index contributed by atoms with van der Waals surface area (Å²) in [6, 6.07) is 2.91. The minimum Gasteiger partial charge on any atom is -0.368 e. The second-order valence-electron chi connectivity index (χ2n) is 5.91. The second kappa shape index (κ2) is 10.2. The van der Waals surface area contributed by atoms with Gasteiger partial charge in [-0.2, -0.15) is 0 Å². The predicted octanol–water partition coefficient (Wildman–Crippen LogP) is 6.06. The highest BCUT2D eigenvalue weighted by atomic mass is 35.5. The van der Waals surface area contributed by atoms with Gasteiger partial charge < -0.3 is 4.90 Å². The molecule has 1 aromatic carbocycles. The Morgan fingerprint density at radius 3 is 2.31 bits per heavy atom. The van der Waals surface area contributed by atoms with Crippen LogP contribution >= 0.6 is 11.6 Å². The summed E-state index contributed by atoms with van der Waals surface area (Å²) in [6.45, 7) is 14.2. The van der Waals surface area contributed by atoms with Gasteiger partial charge in [0.15, 0.2) is 11.6 Å². The fraction of sp³-hybridized carbons (Fsp3) is 0.421. The molecule has 0 aliphatic carbocycles. The van der Waals surface area contributed by atoms with E-state index in [4.69, 9.17) is 11.6 Å². The summed E-state index contributed by atoms with van der Waals surface area (Å²) in [5, 5.41) is -0.106. The Balaban J connectivity index is 0.00000105. The largest absolute Gasteiger partial charge is 0.368 e. The highest BCUT2D eigenvalue weighted by Gasteiger charge is 2.20. The first kappa shape index (κ1) is 22.0. The van der Waals surface area contributed by atoms with E-state index in [0.717, 1.165) is 6.20 Å². The monoisotopic (exact) mass is 382 g/mol. The molecule has 1 aromatic heterocycles. The molecule has 0 unspecified atom stereocenters. The topological polar surface area (TPSA) is 41.4 Å². The van der Waals surface area contributed by atoms with Crippen LogP contribution in [0.2, 0.25) is 5.28 Å². The van der Waals surface area contributed by atoms with Gasteiger partial charge in [0.05, 0.1) is 11.9 Å². The maximum absolute atomic E-state index is 14.4. The van der Waals surface area contributed by atoms with Gasteiger partial charge in [-0.05, 0) is 51.2 Å². The molecule has 142 valence electrons. The molecule has 0 fully saturated rings. The Bertz CT molecular complexity index is 751. The molecule has 7 heteroatoms. The Hall–Kier alpha value is -2.08. The lowest BCUT2D eigenvalue weighted by molar-refractivity contribution is 0.615. The van der Waals surface area contributed by atoms with Crippen molar-refractivity contribution in [2.45, 2.75) is 47.1 Å². The van der Waals surface area contributed by atoms with Crippen molar-refractivity contribution in [3.63, 3.8) is 0 Å². The predicted molar refractivity (Wildman–Crippen MR) is 106 cm³/mol. The first-order valence-electron chi connectivity index (χ1n) is 8.55. The SMILES string of the molecule is C=Nc1c(F)cc(-c2nc(Cl)ncc2F)cc1N(CC)C(C)C.CCC. The maximum atomic E-state index is 14.4. The summed E-state index contributed by atoms with van der Waals surface area (Å²) in [6.07, 6.45) is 2.21. The van der Waals surface area contributed by atoms with E-state index >= 15 is 0 Å². The third-order valence-electron chi connectivity index (χ3n) is 3.46. The first-order chi connectivity index (χ1) is 12.3. The van der Waals surface area contributed by atoms with Crippen molar-refractivity contribution in [2.75, 3.05) is 11.4 Å².